The van der Waals surface area contributed by atoms with Gasteiger partial charge in [-0.2, -0.15) is 13.2 Å². The minimum atomic E-state index is -4.46. The number of hydrogen-bond donors (Lipinski definition) is 1. The predicted octanol–water partition coefficient (Wildman–Crippen LogP) is 7.82. The number of carbonyl (C=O) groups is 1. The van der Waals surface area contributed by atoms with Crippen LogP contribution < -0.4 is 9.47 Å². The van der Waals surface area contributed by atoms with Crippen LogP contribution in [0.3, 0.4) is 0 Å². The molecule has 2 heterocycles. The Bertz CT molecular complexity index is 1660. The Balaban J connectivity index is 1.40. The van der Waals surface area contributed by atoms with E-state index in [2.05, 4.69) is 4.98 Å². The second-order valence-electron chi connectivity index (χ2n) is 8.65. The number of alkyl halides is 3. The number of thiazole rings is 1. The third kappa shape index (κ3) is 6.05. The van der Waals surface area contributed by atoms with Crippen LogP contribution in [-0.4, -0.2) is 20.6 Å². The van der Waals surface area contributed by atoms with Gasteiger partial charge in [0.05, 0.1) is 21.2 Å². The number of rotatable bonds is 9. The lowest BCUT2D eigenvalue weighted by Crippen LogP contribution is -2.07. The SMILES string of the molecule is O=C(O)Cn1ccc2cc(OCc3sc(-c4ccc(C(F)(F)F)cc4)nc3COc3c(F)cccc3Cl)ccc21. The highest BCUT2D eigenvalue weighted by Gasteiger charge is 2.30. The van der Waals surface area contributed by atoms with Crippen molar-refractivity contribution in [3.05, 3.63) is 99.9 Å². The number of benzene rings is 3. The summed E-state index contributed by atoms with van der Waals surface area (Å²) in [7, 11) is 0. The number of hydrogen-bond acceptors (Lipinski definition) is 5. The lowest BCUT2D eigenvalue weighted by Gasteiger charge is -2.10. The number of carboxylic acid groups (broad SMARTS) is 1. The first-order valence-electron chi connectivity index (χ1n) is 11.7. The number of carboxylic acids is 1. The Morgan fingerprint density at radius 3 is 2.50 bits per heavy atom. The molecule has 0 saturated carbocycles. The summed E-state index contributed by atoms with van der Waals surface area (Å²) in [5, 5.41) is 10.4. The summed E-state index contributed by atoms with van der Waals surface area (Å²) in [6, 6.07) is 15.8. The van der Waals surface area contributed by atoms with Crippen molar-refractivity contribution >= 4 is 39.8 Å². The second kappa shape index (κ2) is 11.2. The fourth-order valence-corrected chi connectivity index (χ4v) is 5.20. The zero-order valence-corrected chi connectivity index (χ0v) is 22.0. The van der Waals surface area contributed by atoms with Crippen LogP contribution in [0.2, 0.25) is 5.02 Å². The molecule has 0 atom stereocenters. The zero-order chi connectivity index (χ0) is 28.4. The molecular formula is C28H19ClF4N2O4S. The molecule has 3 aromatic carbocycles. The van der Waals surface area contributed by atoms with Crippen LogP contribution in [0.4, 0.5) is 17.6 Å². The van der Waals surface area contributed by atoms with Gasteiger partial charge in [0.15, 0.2) is 11.6 Å². The summed E-state index contributed by atoms with van der Waals surface area (Å²) in [5.41, 5.74) is 0.832. The third-order valence-corrected chi connectivity index (χ3v) is 7.35. The van der Waals surface area contributed by atoms with E-state index in [4.69, 9.17) is 26.2 Å². The van der Waals surface area contributed by atoms with Crippen molar-refractivity contribution in [3.8, 4) is 22.1 Å². The molecule has 5 aromatic rings. The molecule has 12 heteroatoms. The van der Waals surface area contributed by atoms with E-state index >= 15 is 0 Å². The highest BCUT2D eigenvalue weighted by Crippen LogP contribution is 2.35. The number of halogens is 5. The first-order valence-corrected chi connectivity index (χ1v) is 12.9. The summed E-state index contributed by atoms with van der Waals surface area (Å²) in [6.07, 6.45) is -2.79. The molecule has 0 bridgehead atoms. The maximum absolute atomic E-state index is 14.2. The van der Waals surface area contributed by atoms with E-state index in [-0.39, 0.29) is 30.5 Å². The lowest BCUT2D eigenvalue weighted by molar-refractivity contribution is -0.138. The first kappa shape index (κ1) is 27.5. The number of fused-ring (bicyclic) bond motifs is 1. The van der Waals surface area contributed by atoms with Gasteiger partial charge in [0.2, 0.25) is 0 Å². The monoisotopic (exact) mass is 590 g/mol. The average molecular weight is 591 g/mol. The maximum atomic E-state index is 14.2. The highest BCUT2D eigenvalue weighted by atomic mass is 35.5. The van der Waals surface area contributed by atoms with Crippen molar-refractivity contribution in [1.29, 1.82) is 0 Å². The molecular weight excluding hydrogens is 572 g/mol. The molecule has 1 N–H and O–H groups in total. The Labute approximate surface area is 234 Å². The van der Waals surface area contributed by atoms with Gasteiger partial charge in [-0.3, -0.25) is 4.79 Å². The van der Waals surface area contributed by atoms with Gasteiger partial charge >= 0.3 is 12.1 Å². The van der Waals surface area contributed by atoms with Crippen molar-refractivity contribution < 1.29 is 36.9 Å². The van der Waals surface area contributed by atoms with Gasteiger partial charge in [0, 0.05) is 22.7 Å². The molecule has 5 rings (SSSR count). The summed E-state index contributed by atoms with van der Waals surface area (Å²) in [4.78, 5) is 16.2. The van der Waals surface area contributed by atoms with Gasteiger partial charge < -0.3 is 19.1 Å². The highest BCUT2D eigenvalue weighted by molar-refractivity contribution is 7.15. The quantitative estimate of drug-likeness (QED) is 0.177. The zero-order valence-electron chi connectivity index (χ0n) is 20.4. The van der Waals surface area contributed by atoms with Crippen LogP contribution in [0.15, 0.2) is 72.9 Å². The lowest BCUT2D eigenvalue weighted by atomic mass is 10.1. The van der Waals surface area contributed by atoms with Crippen LogP contribution in [0.25, 0.3) is 21.5 Å². The van der Waals surface area contributed by atoms with E-state index in [0.717, 1.165) is 23.0 Å². The second-order valence-corrected chi connectivity index (χ2v) is 10.1. The smallest absolute Gasteiger partial charge is 0.416 e. The third-order valence-electron chi connectivity index (χ3n) is 5.93. The van der Waals surface area contributed by atoms with Crippen molar-refractivity contribution in [2.45, 2.75) is 25.9 Å². The molecule has 0 unspecified atom stereocenters. The number of aliphatic carboxylic acids is 1. The van der Waals surface area contributed by atoms with Gasteiger partial charge in [0.25, 0.3) is 0 Å². The van der Waals surface area contributed by atoms with Crippen molar-refractivity contribution in [1.82, 2.24) is 9.55 Å². The van der Waals surface area contributed by atoms with Gasteiger partial charge in [-0.25, -0.2) is 9.37 Å². The number of ether oxygens (including phenoxy) is 2. The molecule has 0 aliphatic heterocycles. The fraction of sp³-hybridized carbons (Fsp3) is 0.143. The maximum Gasteiger partial charge on any atom is 0.416 e. The minimum absolute atomic E-state index is 0.0450. The summed E-state index contributed by atoms with van der Waals surface area (Å²) in [5.74, 6) is -1.24. The molecule has 6 nitrogen and oxygen atoms in total. The summed E-state index contributed by atoms with van der Waals surface area (Å²) in [6.45, 7) is -0.288. The summed E-state index contributed by atoms with van der Waals surface area (Å²) < 4.78 is 66.5. The molecule has 0 fully saturated rings. The van der Waals surface area contributed by atoms with E-state index < -0.39 is 23.5 Å². The fourth-order valence-electron chi connectivity index (χ4n) is 4.00. The molecule has 206 valence electrons. The molecule has 0 aliphatic carbocycles. The van der Waals surface area contributed by atoms with Gasteiger partial charge in [-0.05, 0) is 48.5 Å². The predicted molar refractivity (Wildman–Crippen MR) is 142 cm³/mol. The molecule has 2 aromatic heterocycles. The Hall–Kier alpha value is -4.09. The number of para-hydroxylation sites is 1. The van der Waals surface area contributed by atoms with Gasteiger partial charge in [0.1, 0.15) is 30.5 Å². The van der Waals surface area contributed by atoms with Crippen molar-refractivity contribution in [3.63, 3.8) is 0 Å². The Morgan fingerprint density at radius 2 is 1.80 bits per heavy atom. The van der Waals surface area contributed by atoms with Crippen molar-refractivity contribution in [2.24, 2.45) is 0 Å². The normalized spacial score (nSPS) is 11.6. The van der Waals surface area contributed by atoms with Crippen LogP contribution in [0.5, 0.6) is 11.5 Å². The number of nitrogens with zero attached hydrogens (tertiary/aromatic N) is 2. The molecule has 0 spiro atoms. The topological polar surface area (TPSA) is 73.6 Å². The standard InChI is InChI=1S/C28H19ClF4N2O4S/c29-20-2-1-3-21(30)26(20)39-14-22-24(40-27(34-22)16-4-6-18(7-5-16)28(31,32)33)15-38-19-8-9-23-17(12-19)10-11-35(23)13-25(36)37/h1-12H,13-15H2,(H,36,37). The van der Waals surface area contributed by atoms with Crippen LogP contribution >= 0.6 is 22.9 Å². The molecule has 40 heavy (non-hydrogen) atoms. The van der Waals surface area contributed by atoms with E-state index in [0.29, 0.717) is 26.9 Å². The molecule has 0 aliphatic rings. The molecule has 0 radical (unpaired) electrons. The summed E-state index contributed by atoms with van der Waals surface area (Å²) >= 11 is 7.28. The van der Waals surface area contributed by atoms with Crippen molar-refractivity contribution in [2.75, 3.05) is 0 Å². The van der Waals surface area contributed by atoms with Crippen LogP contribution in [0.1, 0.15) is 16.1 Å². The van der Waals surface area contributed by atoms with Gasteiger partial charge in [-0.1, -0.05) is 29.8 Å². The van der Waals surface area contributed by atoms with E-state index in [1.165, 1.54) is 41.7 Å². The minimum Gasteiger partial charge on any atom is -0.488 e. The van der Waals surface area contributed by atoms with E-state index in [9.17, 15) is 22.4 Å². The van der Waals surface area contributed by atoms with E-state index in [1.54, 1.807) is 35.0 Å². The largest absolute Gasteiger partial charge is 0.488 e. The van der Waals surface area contributed by atoms with Crippen LogP contribution in [-0.2, 0) is 30.7 Å². The first-order chi connectivity index (χ1) is 19.1. The Kier molecular flexibility index (Phi) is 7.68. The average Bonchev–Trinajstić information content (AvgIpc) is 3.50. The molecule has 0 amide bonds. The molecule has 0 saturated heterocycles. The van der Waals surface area contributed by atoms with Crippen LogP contribution in [0, 0.1) is 5.82 Å². The van der Waals surface area contributed by atoms with E-state index in [1.807, 2.05) is 0 Å². The van der Waals surface area contributed by atoms with Gasteiger partial charge in [-0.15, -0.1) is 11.3 Å². The number of aromatic nitrogens is 2. The Morgan fingerprint density at radius 1 is 1.02 bits per heavy atom.